The molecule has 0 aliphatic carbocycles. The summed E-state index contributed by atoms with van der Waals surface area (Å²) < 4.78 is 0. The fraction of sp³-hybridized carbons (Fsp3) is 1.00. The molecule has 0 spiro atoms. The molecular formula is C12H32N6. The lowest BCUT2D eigenvalue weighted by Gasteiger charge is -2.08. The lowest BCUT2D eigenvalue weighted by molar-refractivity contribution is 0.506. The first-order valence-electron chi connectivity index (χ1n) is 7.24. The molecule has 0 unspecified atom stereocenters. The van der Waals surface area contributed by atoms with Crippen LogP contribution in [0.1, 0.15) is 26.7 Å². The fourth-order valence-corrected chi connectivity index (χ4v) is 1.46. The molecule has 0 aliphatic heterocycles. The maximum Gasteiger partial charge on any atom is 0.0112 e. The second-order valence-corrected chi connectivity index (χ2v) is 4.12. The van der Waals surface area contributed by atoms with E-state index in [1.165, 1.54) is 0 Å². The molecule has 0 saturated carbocycles. The molecule has 6 nitrogen and oxygen atoms in total. The molecule has 0 aliphatic rings. The van der Waals surface area contributed by atoms with Crippen molar-refractivity contribution in [3.05, 3.63) is 0 Å². The maximum absolute atomic E-state index is 3.42. The van der Waals surface area contributed by atoms with Crippen LogP contribution in [0, 0.1) is 0 Å². The summed E-state index contributed by atoms with van der Waals surface area (Å²) in [6, 6.07) is 0. The molecule has 0 aromatic carbocycles. The van der Waals surface area contributed by atoms with Gasteiger partial charge in [-0.05, 0) is 25.9 Å². The minimum absolute atomic E-state index is 0.972. The summed E-state index contributed by atoms with van der Waals surface area (Å²) in [4.78, 5) is 0. The van der Waals surface area contributed by atoms with E-state index in [0.29, 0.717) is 0 Å². The van der Waals surface area contributed by atoms with Gasteiger partial charge in [0.1, 0.15) is 0 Å². The van der Waals surface area contributed by atoms with Crippen molar-refractivity contribution in [3.63, 3.8) is 0 Å². The summed E-state index contributed by atoms with van der Waals surface area (Å²) in [5.41, 5.74) is 12.5. The first-order valence-corrected chi connectivity index (χ1v) is 7.24. The van der Waals surface area contributed by atoms with Crippen molar-refractivity contribution in [3.8, 4) is 0 Å². The third-order valence-corrected chi connectivity index (χ3v) is 2.39. The van der Waals surface area contributed by atoms with Crippen LogP contribution in [-0.4, -0.2) is 52.4 Å². The lowest BCUT2D eigenvalue weighted by Crippen LogP contribution is -2.35. The normalized spacial score (nSPS) is 11.0. The first kappa shape index (κ1) is 17.8. The third-order valence-electron chi connectivity index (χ3n) is 2.39. The van der Waals surface area contributed by atoms with E-state index in [4.69, 9.17) is 0 Å². The zero-order valence-electron chi connectivity index (χ0n) is 12.1. The molecule has 0 saturated heterocycles. The van der Waals surface area contributed by atoms with E-state index in [0.717, 1.165) is 65.2 Å². The van der Waals surface area contributed by atoms with Crippen molar-refractivity contribution in [1.82, 2.24) is 32.3 Å². The van der Waals surface area contributed by atoms with E-state index < -0.39 is 0 Å². The number of rotatable bonds is 15. The van der Waals surface area contributed by atoms with Gasteiger partial charge in [0.25, 0.3) is 0 Å². The summed E-state index contributed by atoms with van der Waals surface area (Å²) in [5.74, 6) is 0. The standard InChI is InChI=1S/C12H32N6/c1-3-15-17-9-5-7-13-11-12-14-8-6-10-18-16-4-2/h13-18H,3-12H2,1-2H3. The molecule has 0 aromatic rings. The molecule has 0 atom stereocenters. The number of hydrogen-bond donors (Lipinski definition) is 6. The Morgan fingerprint density at radius 3 is 1.33 bits per heavy atom. The van der Waals surface area contributed by atoms with E-state index >= 15 is 0 Å². The van der Waals surface area contributed by atoms with E-state index in [9.17, 15) is 0 Å². The number of nitrogens with one attached hydrogen (secondary N) is 6. The molecule has 6 N–H and O–H groups in total. The van der Waals surface area contributed by atoms with Crippen LogP contribution in [0.15, 0.2) is 0 Å². The second-order valence-electron chi connectivity index (χ2n) is 4.12. The summed E-state index contributed by atoms with van der Waals surface area (Å²) in [7, 11) is 0. The average molecular weight is 260 g/mol. The monoisotopic (exact) mass is 260 g/mol. The Balaban J connectivity index is 2.86. The van der Waals surface area contributed by atoms with Crippen molar-refractivity contribution in [1.29, 1.82) is 0 Å². The Hall–Kier alpha value is -0.240. The van der Waals surface area contributed by atoms with Gasteiger partial charge in [0.05, 0.1) is 0 Å². The number of hydrogen-bond acceptors (Lipinski definition) is 6. The van der Waals surface area contributed by atoms with E-state index in [1.807, 2.05) is 0 Å². The highest BCUT2D eigenvalue weighted by atomic mass is 15.3. The molecule has 110 valence electrons. The van der Waals surface area contributed by atoms with Crippen molar-refractivity contribution >= 4 is 0 Å². The average Bonchev–Trinajstić information content (AvgIpc) is 2.39. The van der Waals surface area contributed by atoms with Gasteiger partial charge in [0, 0.05) is 39.3 Å². The first-order chi connectivity index (χ1) is 8.91. The lowest BCUT2D eigenvalue weighted by atomic mass is 10.4. The quantitative estimate of drug-likeness (QED) is 0.171. The van der Waals surface area contributed by atoms with Crippen LogP contribution in [-0.2, 0) is 0 Å². The van der Waals surface area contributed by atoms with E-state index in [-0.39, 0.29) is 0 Å². The highest BCUT2D eigenvalue weighted by Crippen LogP contribution is 1.73. The van der Waals surface area contributed by atoms with Gasteiger partial charge in [0.15, 0.2) is 0 Å². The molecule has 0 radical (unpaired) electrons. The van der Waals surface area contributed by atoms with Crippen LogP contribution in [0.5, 0.6) is 0 Å². The highest BCUT2D eigenvalue weighted by molar-refractivity contribution is 4.54. The van der Waals surface area contributed by atoms with Crippen molar-refractivity contribution in [2.45, 2.75) is 26.7 Å². The molecule has 0 fully saturated rings. The zero-order chi connectivity index (χ0) is 13.3. The Kier molecular flexibility index (Phi) is 16.5. The van der Waals surface area contributed by atoms with Gasteiger partial charge < -0.3 is 10.6 Å². The van der Waals surface area contributed by atoms with E-state index in [2.05, 4.69) is 46.2 Å². The molecular weight excluding hydrogens is 228 g/mol. The van der Waals surface area contributed by atoms with Crippen molar-refractivity contribution in [2.75, 3.05) is 52.4 Å². The highest BCUT2D eigenvalue weighted by Gasteiger charge is 1.90. The van der Waals surface area contributed by atoms with Crippen molar-refractivity contribution < 1.29 is 0 Å². The smallest absolute Gasteiger partial charge is 0.0112 e. The maximum atomic E-state index is 3.42. The minimum Gasteiger partial charge on any atom is -0.315 e. The Bertz CT molecular complexity index is 129. The molecule has 18 heavy (non-hydrogen) atoms. The topological polar surface area (TPSA) is 72.2 Å². The number of hydrazine groups is 2. The molecule has 0 amide bonds. The fourth-order valence-electron chi connectivity index (χ4n) is 1.46. The molecule has 6 heteroatoms. The van der Waals surface area contributed by atoms with Crippen LogP contribution >= 0.6 is 0 Å². The molecule has 0 rings (SSSR count). The predicted molar refractivity (Wildman–Crippen MR) is 78.3 cm³/mol. The largest absolute Gasteiger partial charge is 0.315 e. The van der Waals surface area contributed by atoms with Crippen molar-refractivity contribution in [2.24, 2.45) is 0 Å². The van der Waals surface area contributed by atoms with Crippen LogP contribution in [0.4, 0.5) is 0 Å². The Morgan fingerprint density at radius 1 is 0.500 bits per heavy atom. The Labute approximate surface area is 112 Å². The summed E-state index contributed by atoms with van der Waals surface area (Å²) in [6.07, 6.45) is 2.30. The minimum atomic E-state index is 0.972. The van der Waals surface area contributed by atoms with Gasteiger partial charge in [-0.25, -0.2) is 0 Å². The molecule has 0 bridgehead atoms. The van der Waals surface area contributed by atoms with Crippen LogP contribution in [0.3, 0.4) is 0 Å². The Morgan fingerprint density at radius 2 is 0.944 bits per heavy atom. The van der Waals surface area contributed by atoms with Crippen LogP contribution < -0.4 is 32.3 Å². The van der Waals surface area contributed by atoms with Gasteiger partial charge in [0.2, 0.25) is 0 Å². The van der Waals surface area contributed by atoms with Crippen LogP contribution in [0.25, 0.3) is 0 Å². The van der Waals surface area contributed by atoms with Crippen LogP contribution in [0.2, 0.25) is 0 Å². The molecule has 0 aromatic heterocycles. The van der Waals surface area contributed by atoms with Gasteiger partial charge in [-0.3, -0.25) is 21.7 Å². The van der Waals surface area contributed by atoms with Gasteiger partial charge in [-0.1, -0.05) is 13.8 Å². The summed E-state index contributed by atoms with van der Waals surface area (Å²) in [5, 5.41) is 6.83. The third kappa shape index (κ3) is 15.8. The summed E-state index contributed by atoms with van der Waals surface area (Å²) >= 11 is 0. The summed E-state index contributed by atoms with van der Waals surface area (Å²) in [6.45, 7) is 12.4. The zero-order valence-corrected chi connectivity index (χ0v) is 12.1. The predicted octanol–water partition coefficient (Wildman–Crippen LogP) is -0.826. The SMILES string of the molecule is CCNNCCCNCCNCCCNNCC. The second kappa shape index (κ2) is 16.8. The molecule has 0 heterocycles. The van der Waals surface area contributed by atoms with Gasteiger partial charge >= 0.3 is 0 Å². The van der Waals surface area contributed by atoms with Gasteiger partial charge in [-0.15, -0.1) is 0 Å². The van der Waals surface area contributed by atoms with E-state index in [1.54, 1.807) is 0 Å². The van der Waals surface area contributed by atoms with Gasteiger partial charge in [-0.2, -0.15) is 0 Å².